The summed E-state index contributed by atoms with van der Waals surface area (Å²) in [6.45, 7) is 0.185. The van der Waals surface area contributed by atoms with Crippen molar-refractivity contribution in [3.05, 3.63) is 82.0 Å². The number of halogens is 1. The highest BCUT2D eigenvalue weighted by atomic mass is 79.9. The van der Waals surface area contributed by atoms with Crippen LogP contribution in [0.2, 0.25) is 0 Å². The van der Waals surface area contributed by atoms with Crippen LogP contribution in [0.1, 0.15) is 27.4 Å². The summed E-state index contributed by atoms with van der Waals surface area (Å²) in [6, 6.07) is 17.5. The zero-order valence-corrected chi connectivity index (χ0v) is 16.1. The highest BCUT2D eigenvalue weighted by Gasteiger charge is 2.29. The molecule has 1 heterocycles. The molecule has 28 heavy (non-hydrogen) atoms. The van der Waals surface area contributed by atoms with Gasteiger partial charge in [-0.05, 0) is 44.3 Å². The number of carboxylic acid groups (broad SMARTS) is 1. The number of aromatic nitrogens is 1. The van der Waals surface area contributed by atoms with Crippen molar-refractivity contribution in [3.8, 4) is 11.1 Å². The molecule has 0 spiro atoms. The van der Waals surface area contributed by atoms with Gasteiger partial charge in [0.1, 0.15) is 12.4 Å². The molecule has 1 amide bonds. The Morgan fingerprint density at radius 3 is 2.25 bits per heavy atom. The number of carbonyl (C=O) groups excluding carboxylic acids is 1. The number of anilines is 1. The number of carbonyl (C=O) groups is 2. The summed E-state index contributed by atoms with van der Waals surface area (Å²) in [4.78, 5) is 27.2. The molecular weight excluding hydrogens is 424 g/mol. The quantitative estimate of drug-likeness (QED) is 0.604. The van der Waals surface area contributed by atoms with Crippen molar-refractivity contribution in [2.24, 2.45) is 0 Å². The van der Waals surface area contributed by atoms with Crippen molar-refractivity contribution in [2.75, 3.05) is 11.9 Å². The lowest BCUT2D eigenvalue weighted by Gasteiger charge is -2.14. The molecule has 7 heteroatoms. The number of fused-ring (bicyclic) bond motifs is 3. The van der Waals surface area contributed by atoms with E-state index in [1.165, 1.54) is 12.3 Å². The van der Waals surface area contributed by atoms with Crippen LogP contribution in [-0.2, 0) is 4.74 Å². The first-order valence-corrected chi connectivity index (χ1v) is 9.34. The first-order valence-electron chi connectivity index (χ1n) is 8.55. The molecule has 0 atom stereocenters. The molecule has 1 aliphatic carbocycles. The first-order chi connectivity index (χ1) is 13.5. The van der Waals surface area contributed by atoms with E-state index in [2.05, 4.69) is 38.4 Å². The molecule has 0 saturated heterocycles. The summed E-state index contributed by atoms with van der Waals surface area (Å²) in [6.07, 6.45) is 0.518. The fourth-order valence-electron chi connectivity index (χ4n) is 3.38. The highest BCUT2D eigenvalue weighted by Crippen LogP contribution is 2.44. The van der Waals surface area contributed by atoms with Crippen LogP contribution in [0.3, 0.4) is 0 Å². The van der Waals surface area contributed by atoms with Crippen LogP contribution in [0.5, 0.6) is 0 Å². The van der Waals surface area contributed by atoms with Crippen molar-refractivity contribution in [2.45, 2.75) is 5.92 Å². The molecule has 4 rings (SSSR count). The van der Waals surface area contributed by atoms with E-state index in [-0.39, 0.29) is 23.9 Å². The predicted octanol–water partition coefficient (Wildman–Crippen LogP) is 4.90. The number of hydrogen-bond acceptors (Lipinski definition) is 4. The number of carboxylic acids is 1. The van der Waals surface area contributed by atoms with Gasteiger partial charge in [0.05, 0.1) is 10.0 Å². The van der Waals surface area contributed by atoms with E-state index < -0.39 is 12.1 Å². The molecule has 0 bridgehead atoms. The summed E-state index contributed by atoms with van der Waals surface area (Å²) in [7, 11) is 0. The zero-order chi connectivity index (χ0) is 19.7. The lowest BCUT2D eigenvalue weighted by Crippen LogP contribution is -2.19. The van der Waals surface area contributed by atoms with Gasteiger partial charge in [0.15, 0.2) is 0 Å². The number of hydrogen-bond donors (Lipinski definition) is 2. The number of aromatic carboxylic acids is 1. The SMILES string of the molecule is O=C(Nc1ncc(C(=O)O)cc1Br)OCC1c2ccccc2-c2ccccc21. The normalized spacial score (nSPS) is 12.2. The van der Waals surface area contributed by atoms with E-state index in [1.807, 2.05) is 36.4 Å². The van der Waals surface area contributed by atoms with Crippen molar-refractivity contribution < 1.29 is 19.4 Å². The molecule has 0 unspecified atom stereocenters. The largest absolute Gasteiger partial charge is 0.478 e. The second-order valence-electron chi connectivity index (χ2n) is 6.31. The molecule has 1 aromatic heterocycles. The molecule has 2 aromatic carbocycles. The number of ether oxygens (including phenoxy) is 1. The summed E-state index contributed by atoms with van der Waals surface area (Å²) in [5.41, 5.74) is 4.58. The number of nitrogens with one attached hydrogen (secondary N) is 1. The van der Waals surface area contributed by atoms with E-state index in [4.69, 9.17) is 9.84 Å². The van der Waals surface area contributed by atoms with Gasteiger partial charge >= 0.3 is 12.1 Å². The van der Waals surface area contributed by atoms with Crippen LogP contribution >= 0.6 is 15.9 Å². The average Bonchev–Trinajstić information content (AvgIpc) is 3.02. The predicted molar refractivity (Wildman–Crippen MR) is 108 cm³/mol. The van der Waals surface area contributed by atoms with Gasteiger partial charge < -0.3 is 9.84 Å². The van der Waals surface area contributed by atoms with Gasteiger partial charge in [-0.25, -0.2) is 14.6 Å². The Morgan fingerprint density at radius 2 is 1.68 bits per heavy atom. The molecule has 0 saturated carbocycles. The number of rotatable bonds is 4. The molecule has 6 nitrogen and oxygen atoms in total. The van der Waals surface area contributed by atoms with Crippen LogP contribution in [0.4, 0.5) is 10.6 Å². The van der Waals surface area contributed by atoms with Crippen LogP contribution in [0.25, 0.3) is 11.1 Å². The third kappa shape index (κ3) is 3.36. The third-order valence-corrected chi connectivity index (χ3v) is 5.26. The van der Waals surface area contributed by atoms with Crippen molar-refractivity contribution >= 4 is 33.8 Å². The Morgan fingerprint density at radius 1 is 1.07 bits per heavy atom. The van der Waals surface area contributed by atoms with Gasteiger partial charge in [-0.3, -0.25) is 5.32 Å². The van der Waals surface area contributed by atoms with Crippen molar-refractivity contribution in [3.63, 3.8) is 0 Å². The number of nitrogens with zero attached hydrogens (tertiary/aromatic N) is 1. The van der Waals surface area contributed by atoms with Crippen LogP contribution < -0.4 is 5.32 Å². The van der Waals surface area contributed by atoms with Gasteiger partial charge in [0.25, 0.3) is 0 Å². The second-order valence-corrected chi connectivity index (χ2v) is 7.16. The molecule has 140 valence electrons. The van der Waals surface area contributed by atoms with E-state index in [0.29, 0.717) is 4.47 Å². The van der Waals surface area contributed by atoms with Gasteiger partial charge in [0, 0.05) is 12.1 Å². The monoisotopic (exact) mass is 438 g/mol. The van der Waals surface area contributed by atoms with Gasteiger partial charge in [-0.1, -0.05) is 48.5 Å². The maximum absolute atomic E-state index is 12.3. The Labute approximate surface area is 169 Å². The Balaban J connectivity index is 1.48. The molecular formula is C21H15BrN2O4. The van der Waals surface area contributed by atoms with Crippen molar-refractivity contribution in [1.29, 1.82) is 0 Å². The number of amides is 1. The fraction of sp³-hybridized carbons (Fsp3) is 0.0952. The topological polar surface area (TPSA) is 88.5 Å². The number of benzene rings is 2. The molecule has 2 N–H and O–H groups in total. The standard InChI is InChI=1S/C21H15BrN2O4/c22-18-9-12(20(25)26)10-23-19(18)24-21(27)28-11-17-15-7-3-1-5-13(15)14-6-2-4-8-16(14)17/h1-10,17H,11H2,(H,25,26)(H,23,24,27). The van der Waals surface area contributed by atoms with E-state index >= 15 is 0 Å². The summed E-state index contributed by atoms with van der Waals surface area (Å²) in [5.74, 6) is -0.938. The summed E-state index contributed by atoms with van der Waals surface area (Å²) >= 11 is 3.21. The van der Waals surface area contributed by atoms with E-state index in [1.54, 1.807) is 0 Å². The fourth-order valence-corrected chi connectivity index (χ4v) is 3.83. The minimum Gasteiger partial charge on any atom is -0.478 e. The smallest absolute Gasteiger partial charge is 0.412 e. The van der Waals surface area contributed by atoms with Crippen LogP contribution in [0, 0.1) is 0 Å². The Kier molecular flexibility index (Phi) is 4.83. The lowest BCUT2D eigenvalue weighted by atomic mass is 9.98. The summed E-state index contributed by atoms with van der Waals surface area (Å²) < 4.78 is 5.81. The average molecular weight is 439 g/mol. The molecule has 1 aliphatic rings. The lowest BCUT2D eigenvalue weighted by molar-refractivity contribution is 0.0696. The molecule has 0 fully saturated rings. The Hall–Kier alpha value is -3.19. The van der Waals surface area contributed by atoms with E-state index in [9.17, 15) is 9.59 Å². The zero-order valence-electron chi connectivity index (χ0n) is 14.6. The minimum atomic E-state index is -1.10. The highest BCUT2D eigenvalue weighted by molar-refractivity contribution is 9.10. The van der Waals surface area contributed by atoms with Gasteiger partial charge in [-0.15, -0.1) is 0 Å². The second kappa shape index (κ2) is 7.44. The molecule has 3 aromatic rings. The first kappa shape index (κ1) is 18.2. The summed E-state index contributed by atoms with van der Waals surface area (Å²) in [5, 5.41) is 11.5. The van der Waals surface area contributed by atoms with E-state index in [0.717, 1.165) is 22.3 Å². The maximum Gasteiger partial charge on any atom is 0.412 e. The third-order valence-electron chi connectivity index (χ3n) is 4.65. The van der Waals surface area contributed by atoms with Crippen LogP contribution in [-0.4, -0.2) is 28.8 Å². The molecule has 0 radical (unpaired) electrons. The van der Waals surface area contributed by atoms with Crippen LogP contribution in [0.15, 0.2) is 65.3 Å². The van der Waals surface area contributed by atoms with Crippen molar-refractivity contribution in [1.82, 2.24) is 4.98 Å². The molecule has 0 aliphatic heterocycles. The van der Waals surface area contributed by atoms with Gasteiger partial charge in [-0.2, -0.15) is 0 Å². The van der Waals surface area contributed by atoms with Gasteiger partial charge in [0.2, 0.25) is 0 Å². The number of pyridine rings is 1. The minimum absolute atomic E-state index is 0.0185. The maximum atomic E-state index is 12.3. The Bertz CT molecular complexity index is 1040.